The van der Waals surface area contributed by atoms with Crippen LogP contribution in [0.15, 0.2) is 15.0 Å². The van der Waals surface area contributed by atoms with E-state index in [9.17, 15) is 0 Å². The Morgan fingerprint density at radius 3 is 2.00 bits per heavy atom. The molecule has 0 N–H and O–H groups in total. The van der Waals surface area contributed by atoms with Gasteiger partial charge in [-0.15, -0.1) is 0 Å². The van der Waals surface area contributed by atoms with E-state index in [1.54, 1.807) is 14.2 Å². The third-order valence-corrected chi connectivity index (χ3v) is 6.46. The summed E-state index contributed by atoms with van der Waals surface area (Å²) in [7, 11) is 3.28. The molecule has 102 valence electrons. The number of hydrogen-bond acceptors (Lipinski definition) is 2. The molecule has 0 aliphatic rings. The number of benzene rings is 1. The van der Waals surface area contributed by atoms with Gasteiger partial charge in [0.2, 0.25) is 0 Å². The molecule has 1 rings (SSSR count). The number of rotatable bonds is 4. The molecule has 1 unspecified atom stereocenters. The Balaban J connectivity index is 3.46. The van der Waals surface area contributed by atoms with E-state index in [0.29, 0.717) is 0 Å². The molecule has 6 heteroatoms. The molecule has 0 amide bonds. The summed E-state index contributed by atoms with van der Waals surface area (Å²) in [4.78, 5) is 0.0958. The Morgan fingerprint density at radius 1 is 1.11 bits per heavy atom. The molecular formula is C12H14Br4O2. The fourth-order valence-electron chi connectivity index (χ4n) is 1.55. The van der Waals surface area contributed by atoms with Crippen LogP contribution in [0.1, 0.15) is 24.2 Å². The monoisotopic (exact) mass is 506 g/mol. The van der Waals surface area contributed by atoms with Crippen molar-refractivity contribution in [3.8, 4) is 11.5 Å². The topological polar surface area (TPSA) is 18.5 Å². The minimum atomic E-state index is -0.103. The molecule has 1 atom stereocenters. The summed E-state index contributed by atoms with van der Waals surface area (Å²) < 4.78 is 12.4. The van der Waals surface area contributed by atoms with E-state index in [4.69, 9.17) is 9.47 Å². The average molecular weight is 510 g/mol. The predicted octanol–water partition coefficient (Wildman–Crippen LogP) is 5.84. The van der Waals surface area contributed by atoms with Gasteiger partial charge < -0.3 is 9.47 Å². The molecule has 0 aliphatic heterocycles. The first-order chi connectivity index (χ1) is 8.23. The van der Waals surface area contributed by atoms with E-state index >= 15 is 0 Å². The first-order valence-corrected chi connectivity index (χ1v) is 8.46. The highest BCUT2D eigenvalue weighted by Gasteiger charge is 2.30. The molecular weight excluding hydrogens is 496 g/mol. The second kappa shape index (κ2) is 6.46. The zero-order valence-electron chi connectivity index (χ0n) is 10.5. The average Bonchev–Trinajstić information content (AvgIpc) is 2.26. The summed E-state index contributed by atoms with van der Waals surface area (Å²) in [5, 5.41) is 0. The van der Waals surface area contributed by atoms with E-state index in [1.807, 2.05) is 6.07 Å². The summed E-state index contributed by atoms with van der Waals surface area (Å²) in [5.74, 6) is 1.49. The Kier molecular flexibility index (Phi) is 6.03. The van der Waals surface area contributed by atoms with Crippen LogP contribution in [0.25, 0.3) is 0 Å². The van der Waals surface area contributed by atoms with Gasteiger partial charge in [-0.05, 0) is 51.8 Å². The molecule has 0 heterocycles. The summed E-state index contributed by atoms with van der Waals surface area (Å²) in [5.41, 5.74) is 1.04. The highest BCUT2D eigenvalue weighted by molar-refractivity contribution is 9.12. The first-order valence-electron chi connectivity index (χ1n) is 5.16. The van der Waals surface area contributed by atoms with Crippen molar-refractivity contribution in [2.24, 2.45) is 0 Å². The van der Waals surface area contributed by atoms with Crippen LogP contribution < -0.4 is 9.47 Å². The largest absolute Gasteiger partial charge is 0.495 e. The summed E-state index contributed by atoms with van der Waals surface area (Å²) in [6, 6.07) is 2.00. The normalized spacial score (nSPS) is 13.3. The third-order valence-electron chi connectivity index (χ3n) is 2.44. The van der Waals surface area contributed by atoms with Gasteiger partial charge in [0.1, 0.15) is 10.2 Å². The van der Waals surface area contributed by atoms with Crippen LogP contribution in [0.5, 0.6) is 11.5 Å². The molecule has 0 fully saturated rings. The lowest BCUT2D eigenvalue weighted by Gasteiger charge is -2.26. The fourth-order valence-corrected chi connectivity index (χ4v) is 3.78. The van der Waals surface area contributed by atoms with Crippen molar-refractivity contribution in [3.63, 3.8) is 0 Å². The molecule has 0 bridgehead atoms. The van der Waals surface area contributed by atoms with Gasteiger partial charge in [-0.1, -0.05) is 31.9 Å². The molecule has 0 radical (unpaired) electrons. The summed E-state index contributed by atoms with van der Waals surface area (Å²) in [6.45, 7) is 4.19. The molecule has 1 aromatic rings. The number of ether oxygens (including phenoxy) is 2. The molecule has 0 aromatic heterocycles. The highest BCUT2D eigenvalue weighted by Crippen LogP contribution is 2.50. The zero-order chi connectivity index (χ0) is 14.1. The van der Waals surface area contributed by atoms with Crippen LogP contribution >= 0.6 is 63.7 Å². The van der Waals surface area contributed by atoms with Crippen LogP contribution in [0.4, 0.5) is 0 Å². The Morgan fingerprint density at radius 2 is 1.61 bits per heavy atom. The van der Waals surface area contributed by atoms with Gasteiger partial charge in [-0.25, -0.2) is 0 Å². The molecule has 1 aromatic carbocycles. The lowest BCUT2D eigenvalue weighted by atomic mass is 10.0. The van der Waals surface area contributed by atoms with Gasteiger partial charge in [0.15, 0.2) is 5.75 Å². The Hall–Kier alpha value is 0.740. The highest BCUT2D eigenvalue weighted by atomic mass is 79.9. The summed E-state index contributed by atoms with van der Waals surface area (Å²) in [6.07, 6.45) is 0. The molecule has 0 spiro atoms. The second-order valence-electron chi connectivity index (χ2n) is 4.26. The molecule has 0 saturated heterocycles. The van der Waals surface area contributed by atoms with Crippen LogP contribution in [-0.2, 0) is 0 Å². The second-order valence-corrected chi connectivity index (χ2v) is 8.86. The van der Waals surface area contributed by atoms with Gasteiger partial charge in [-0.3, -0.25) is 0 Å². The standard InChI is InChI=1S/C12H14Br4O2/c1-12(2,16)11(15)6-5-7(13)10(18-4)8(14)9(6)17-3/h5,11H,1-4H3. The predicted molar refractivity (Wildman–Crippen MR) is 89.6 cm³/mol. The van der Waals surface area contributed by atoms with E-state index in [0.717, 1.165) is 26.0 Å². The van der Waals surface area contributed by atoms with Crippen LogP contribution in [0.2, 0.25) is 0 Å². The quantitative estimate of drug-likeness (QED) is 0.475. The van der Waals surface area contributed by atoms with Crippen molar-refractivity contribution in [3.05, 3.63) is 20.6 Å². The van der Waals surface area contributed by atoms with E-state index in [2.05, 4.69) is 77.6 Å². The SMILES string of the molecule is COc1c(Br)cc(C(Br)C(C)(C)Br)c(OC)c1Br. The van der Waals surface area contributed by atoms with Crippen molar-refractivity contribution >= 4 is 63.7 Å². The van der Waals surface area contributed by atoms with Gasteiger partial charge in [0.05, 0.1) is 23.5 Å². The molecule has 2 nitrogen and oxygen atoms in total. The van der Waals surface area contributed by atoms with Crippen molar-refractivity contribution in [2.45, 2.75) is 23.0 Å². The Bertz CT molecular complexity index is 441. The lowest BCUT2D eigenvalue weighted by molar-refractivity contribution is 0.383. The van der Waals surface area contributed by atoms with Crippen molar-refractivity contribution < 1.29 is 9.47 Å². The maximum Gasteiger partial charge on any atom is 0.150 e. The van der Waals surface area contributed by atoms with Gasteiger partial charge in [0.25, 0.3) is 0 Å². The van der Waals surface area contributed by atoms with E-state index < -0.39 is 0 Å². The van der Waals surface area contributed by atoms with Crippen LogP contribution in [0, 0.1) is 0 Å². The smallest absolute Gasteiger partial charge is 0.150 e. The van der Waals surface area contributed by atoms with E-state index in [-0.39, 0.29) is 9.15 Å². The maximum atomic E-state index is 5.49. The van der Waals surface area contributed by atoms with Crippen molar-refractivity contribution in [1.82, 2.24) is 0 Å². The number of hydrogen-bond donors (Lipinski definition) is 0. The van der Waals surface area contributed by atoms with Crippen LogP contribution in [0.3, 0.4) is 0 Å². The molecule has 18 heavy (non-hydrogen) atoms. The lowest BCUT2D eigenvalue weighted by Crippen LogP contribution is -2.17. The number of halogens is 4. The van der Waals surface area contributed by atoms with Gasteiger partial charge >= 0.3 is 0 Å². The Labute approximate surface area is 141 Å². The fraction of sp³-hybridized carbons (Fsp3) is 0.500. The third kappa shape index (κ3) is 3.44. The van der Waals surface area contributed by atoms with Crippen LogP contribution in [-0.4, -0.2) is 18.5 Å². The van der Waals surface area contributed by atoms with Crippen molar-refractivity contribution in [1.29, 1.82) is 0 Å². The molecule has 0 saturated carbocycles. The zero-order valence-corrected chi connectivity index (χ0v) is 16.8. The van der Waals surface area contributed by atoms with Gasteiger partial charge in [0, 0.05) is 9.89 Å². The van der Waals surface area contributed by atoms with E-state index in [1.165, 1.54) is 0 Å². The maximum absolute atomic E-state index is 5.49. The number of alkyl halides is 2. The van der Waals surface area contributed by atoms with Crippen molar-refractivity contribution in [2.75, 3.05) is 14.2 Å². The molecule has 0 aliphatic carbocycles. The number of methoxy groups -OCH3 is 2. The summed E-state index contributed by atoms with van der Waals surface area (Å²) >= 11 is 14.4. The minimum Gasteiger partial charge on any atom is -0.495 e. The minimum absolute atomic E-state index is 0.0958. The van der Waals surface area contributed by atoms with Gasteiger partial charge in [-0.2, -0.15) is 0 Å². The first kappa shape index (κ1) is 16.8.